The van der Waals surface area contributed by atoms with Crippen LogP contribution >= 0.6 is 0 Å². The van der Waals surface area contributed by atoms with E-state index in [-0.39, 0.29) is 5.69 Å². The third-order valence-electron chi connectivity index (χ3n) is 2.61. The highest BCUT2D eigenvalue weighted by Crippen LogP contribution is 2.30. The Labute approximate surface area is 110 Å². The maximum atomic E-state index is 10.9. The Kier molecular flexibility index (Phi) is 3.51. The summed E-state index contributed by atoms with van der Waals surface area (Å²) in [5, 5.41) is 13.9. The molecule has 0 saturated heterocycles. The molecule has 0 fully saturated rings. The van der Waals surface area contributed by atoms with Crippen LogP contribution in [0.3, 0.4) is 0 Å². The number of ether oxygens (including phenoxy) is 1. The van der Waals surface area contributed by atoms with Crippen LogP contribution in [0.5, 0.6) is 5.75 Å². The maximum Gasteiger partial charge on any atom is 0.292 e. The Hall–Kier alpha value is -2.76. The van der Waals surface area contributed by atoms with Gasteiger partial charge in [-0.1, -0.05) is 12.1 Å². The second-order valence-electron chi connectivity index (χ2n) is 3.86. The number of nitro benzene ring substituents is 1. The summed E-state index contributed by atoms with van der Waals surface area (Å²) in [7, 11) is 1.51. The lowest BCUT2D eigenvalue weighted by Crippen LogP contribution is -1.98. The predicted octanol–water partition coefficient (Wildman–Crippen LogP) is 2.93. The van der Waals surface area contributed by atoms with Gasteiger partial charge in [-0.15, -0.1) is 0 Å². The highest BCUT2D eigenvalue weighted by Gasteiger charge is 2.12. The van der Waals surface area contributed by atoms with Gasteiger partial charge in [0.1, 0.15) is 11.4 Å². The van der Waals surface area contributed by atoms with Crippen LogP contribution in [0.1, 0.15) is 0 Å². The first kappa shape index (κ1) is 12.7. The number of hydrogen-bond acceptors (Lipinski definition) is 5. The third kappa shape index (κ3) is 2.74. The van der Waals surface area contributed by atoms with Crippen molar-refractivity contribution in [3.05, 3.63) is 52.6 Å². The van der Waals surface area contributed by atoms with Gasteiger partial charge in [0, 0.05) is 17.8 Å². The Balaban J connectivity index is 2.34. The van der Waals surface area contributed by atoms with Gasteiger partial charge in [-0.2, -0.15) is 0 Å². The lowest BCUT2D eigenvalue weighted by molar-refractivity contribution is -0.383. The van der Waals surface area contributed by atoms with Crippen LogP contribution in [0.4, 0.5) is 22.7 Å². The summed E-state index contributed by atoms with van der Waals surface area (Å²) in [6.45, 7) is 0. The van der Waals surface area contributed by atoms with Gasteiger partial charge in [0.05, 0.1) is 17.7 Å². The number of methoxy groups -OCH3 is 1. The molecule has 0 spiro atoms. The summed E-state index contributed by atoms with van der Waals surface area (Å²) >= 11 is 0. The molecule has 0 unspecified atom stereocenters. The third-order valence-corrected chi connectivity index (χ3v) is 2.61. The predicted molar refractivity (Wildman–Crippen MR) is 73.8 cm³/mol. The molecule has 6 heteroatoms. The van der Waals surface area contributed by atoms with Crippen molar-refractivity contribution in [3.8, 4) is 5.75 Å². The molecular formula is C13H13N3O3. The van der Waals surface area contributed by atoms with Crippen molar-refractivity contribution < 1.29 is 9.66 Å². The molecule has 98 valence electrons. The van der Waals surface area contributed by atoms with Gasteiger partial charge in [0.2, 0.25) is 0 Å². The molecule has 0 bridgehead atoms. The van der Waals surface area contributed by atoms with Gasteiger partial charge in [0.25, 0.3) is 5.69 Å². The van der Waals surface area contributed by atoms with Gasteiger partial charge in [-0.25, -0.2) is 0 Å². The molecule has 3 N–H and O–H groups in total. The number of benzene rings is 2. The molecule has 0 aromatic heterocycles. The molecular weight excluding hydrogens is 246 g/mol. The lowest BCUT2D eigenvalue weighted by atomic mass is 10.2. The lowest BCUT2D eigenvalue weighted by Gasteiger charge is -2.10. The van der Waals surface area contributed by atoms with Gasteiger partial charge < -0.3 is 15.8 Å². The Morgan fingerprint density at radius 1 is 1.26 bits per heavy atom. The average molecular weight is 259 g/mol. The average Bonchev–Trinajstić information content (AvgIpc) is 2.41. The Bertz CT molecular complexity index is 614. The van der Waals surface area contributed by atoms with Crippen LogP contribution < -0.4 is 15.8 Å². The monoisotopic (exact) mass is 259 g/mol. The van der Waals surface area contributed by atoms with E-state index in [1.54, 1.807) is 36.4 Å². The van der Waals surface area contributed by atoms with Gasteiger partial charge in [-0.3, -0.25) is 10.1 Å². The van der Waals surface area contributed by atoms with E-state index in [4.69, 9.17) is 10.5 Å². The fourth-order valence-electron chi connectivity index (χ4n) is 1.68. The number of nitrogen functional groups attached to an aromatic ring is 1. The van der Waals surface area contributed by atoms with E-state index in [0.29, 0.717) is 22.8 Å². The van der Waals surface area contributed by atoms with Crippen LogP contribution in [0.2, 0.25) is 0 Å². The number of para-hydroxylation sites is 2. The Morgan fingerprint density at radius 3 is 2.68 bits per heavy atom. The molecule has 2 aromatic rings. The Morgan fingerprint density at radius 2 is 2.00 bits per heavy atom. The van der Waals surface area contributed by atoms with E-state index < -0.39 is 4.92 Å². The molecule has 0 aliphatic carbocycles. The van der Waals surface area contributed by atoms with Crippen molar-refractivity contribution in [2.75, 3.05) is 18.2 Å². The zero-order chi connectivity index (χ0) is 13.8. The highest BCUT2D eigenvalue weighted by atomic mass is 16.6. The van der Waals surface area contributed by atoms with Gasteiger partial charge >= 0.3 is 0 Å². The molecule has 0 atom stereocenters. The van der Waals surface area contributed by atoms with Crippen molar-refractivity contribution in [1.82, 2.24) is 0 Å². The largest absolute Gasteiger partial charge is 0.495 e. The van der Waals surface area contributed by atoms with Crippen LogP contribution in [0.25, 0.3) is 0 Å². The number of nitrogens with two attached hydrogens (primary N) is 1. The molecule has 0 heterocycles. The standard InChI is InChI=1S/C13H13N3O3/c1-19-13-8-9(6-7-10(13)14)15-11-4-2-3-5-12(11)16(17)18/h2-8,15H,14H2,1H3. The van der Waals surface area contributed by atoms with E-state index in [0.717, 1.165) is 0 Å². The van der Waals surface area contributed by atoms with Crippen molar-refractivity contribution in [2.45, 2.75) is 0 Å². The van der Waals surface area contributed by atoms with E-state index >= 15 is 0 Å². The summed E-state index contributed by atoms with van der Waals surface area (Å²) in [5.41, 5.74) is 7.32. The zero-order valence-corrected chi connectivity index (χ0v) is 10.3. The van der Waals surface area contributed by atoms with Crippen molar-refractivity contribution >= 4 is 22.7 Å². The molecule has 0 radical (unpaired) electrons. The normalized spacial score (nSPS) is 9.95. The number of hydrogen-bond donors (Lipinski definition) is 2. The first-order valence-electron chi connectivity index (χ1n) is 5.56. The summed E-state index contributed by atoms with van der Waals surface area (Å²) < 4.78 is 5.10. The molecule has 19 heavy (non-hydrogen) atoms. The number of nitro groups is 1. The summed E-state index contributed by atoms with van der Waals surface area (Å²) in [6.07, 6.45) is 0. The van der Waals surface area contributed by atoms with E-state index in [2.05, 4.69) is 5.32 Å². The van der Waals surface area contributed by atoms with Crippen molar-refractivity contribution in [2.24, 2.45) is 0 Å². The topological polar surface area (TPSA) is 90.4 Å². The van der Waals surface area contributed by atoms with Gasteiger partial charge in [0.15, 0.2) is 0 Å². The second kappa shape index (κ2) is 5.26. The van der Waals surface area contributed by atoms with Crippen LogP contribution in [0.15, 0.2) is 42.5 Å². The SMILES string of the molecule is COc1cc(Nc2ccccc2[N+](=O)[O-])ccc1N. The molecule has 0 amide bonds. The highest BCUT2D eigenvalue weighted by molar-refractivity contribution is 5.72. The zero-order valence-electron chi connectivity index (χ0n) is 10.3. The fourth-order valence-corrected chi connectivity index (χ4v) is 1.68. The molecule has 0 saturated carbocycles. The quantitative estimate of drug-likeness (QED) is 0.500. The second-order valence-corrected chi connectivity index (χ2v) is 3.86. The smallest absolute Gasteiger partial charge is 0.292 e. The van der Waals surface area contributed by atoms with Crippen molar-refractivity contribution in [3.63, 3.8) is 0 Å². The molecule has 2 rings (SSSR count). The molecule has 6 nitrogen and oxygen atoms in total. The fraction of sp³-hybridized carbons (Fsp3) is 0.0769. The summed E-state index contributed by atoms with van der Waals surface area (Å²) in [6, 6.07) is 11.5. The van der Waals surface area contributed by atoms with Crippen LogP contribution in [0, 0.1) is 10.1 Å². The van der Waals surface area contributed by atoms with E-state index in [9.17, 15) is 10.1 Å². The van der Waals surface area contributed by atoms with Crippen molar-refractivity contribution in [1.29, 1.82) is 0 Å². The van der Waals surface area contributed by atoms with Gasteiger partial charge in [-0.05, 0) is 18.2 Å². The maximum absolute atomic E-state index is 10.9. The van der Waals surface area contributed by atoms with Crippen LogP contribution in [-0.2, 0) is 0 Å². The summed E-state index contributed by atoms with van der Waals surface area (Å²) in [5.74, 6) is 0.517. The molecule has 0 aliphatic rings. The molecule has 0 aliphatic heterocycles. The van der Waals surface area contributed by atoms with Crippen LogP contribution in [-0.4, -0.2) is 12.0 Å². The van der Waals surface area contributed by atoms with E-state index in [1.165, 1.54) is 13.2 Å². The summed E-state index contributed by atoms with van der Waals surface area (Å²) in [4.78, 5) is 10.5. The first-order valence-corrected chi connectivity index (χ1v) is 5.56. The number of rotatable bonds is 4. The van der Waals surface area contributed by atoms with E-state index in [1.807, 2.05) is 0 Å². The number of nitrogens with one attached hydrogen (secondary N) is 1. The minimum atomic E-state index is -0.434. The number of anilines is 3. The number of nitrogens with zero attached hydrogens (tertiary/aromatic N) is 1. The molecule has 2 aromatic carbocycles. The first-order chi connectivity index (χ1) is 9.11. The minimum absolute atomic E-state index is 0.0123. The minimum Gasteiger partial charge on any atom is -0.495 e.